The van der Waals surface area contributed by atoms with E-state index in [-0.39, 0.29) is 17.5 Å². The molecule has 3 rings (SSSR count). The van der Waals surface area contributed by atoms with Crippen LogP contribution >= 0.6 is 0 Å². The van der Waals surface area contributed by atoms with Gasteiger partial charge in [0.05, 0.1) is 25.6 Å². The Morgan fingerprint density at radius 3 is 1.89 bits per heavy atom. The molecule has 0 aliphatic carbocycles. The highest BCUT2D eigenvalue weighted by molar-refractivity contribution is 6.06. The summed E-state index contributed by atoms with van der Waals surface area (Å²) in [6.45, 7) is 0. The lowest BCUT2D eigenvalue weighted by Crippen LogP contribution is -2.15. The van der Waals surface area contributed by atoms with E-state index in [0.717, 1.165) is 0 Å². The first-order chi connectivity index (χ1) is 13.6. The fraction of sp³-hybridized carbons (Fsp3) is 0.0952. The Balaban J connectivity index is 1.87. The van der Waals surface area contributed by atoms with Gasteiger partial charge >= 0.3 is 0 Å². The van der Waals surface area contributed by atoms with Crippen LogP contribution in [0.5, 0.6) is 11.5 Å². The average Bonchev–Trinajstić information content (AvgIpc) is 2.75. The molecule has 0 saturated carbocycles. The number of hydrogen-bond donors (Lipinski definition) is 2. The molecule has 1 aromatic heterocycles. The minimum atomic E-state index is -0.387. The number of anilines is 2. The monoisotopic (exact) mass is 377 g/mol. The molecule has 0 bridgehead atoms. The van der Waals surface area contributed by atoms with Gasteiger partial charge in [-0.05, 0) is 24.3 Å². The summed E-state index contributed by atoms with van der Waals surface area (Å²) in [7, 11) is 2.95. The van der Waals surface area contributed by atoms with E-state index in [1.807, 2.05) is 6.07 Å². The first-order valence-corrected chi connectivity index (χ1v) is 8.47. The highest BCUT2D eigenvalue weighted by Crippen LogP contribution is 2.36. The third-order valence-corrected chi connectivity index (χ3v) is 3.95. The molecule has 3 aromatic rings. The summed E-state index contributed by atoms with van der Waals surface area (Å²) < 4.78 is 10.7. The topological polar surface area (TPSA) is 89.6 Å². The summed E-state index contributed by atoms with van der Waals surface area (Å²) in [5.41, 5.74) is 1.60. The Morgan fingerprint density at radius 2 is 1.36 bits per heavy atom. The van der Waals surface area contributed by atoms with Crippen LogP contribution in [0.4, 0.5) is 11.4 Å². The number of ether oxygens (including phenoxy) is 2. The SMILES string of the molecule is COc1cc(NC(=O)c2ccccn2)c(OC)cc1NC(=O)c1ccccc1. The molecule has 0 saturated heterocycles. The molecule has 2 N–H and O–H groups in total. The van der Waals surface area contributed by atoms with Gasteiger partial charge in [0.15, 0.2) is 0 Å². The quantitative estimate of drug-likeness (QED) is 0.685. The lowest BCUT2D eigenvalue weighted by Gasteiger charge is -2.16. The number of pyridine rings is 1. The molecule has 0 aliphatic heterocycles. The van der Waals surface area contributed by atoms with Gasteiger partial charge in [-0.3, -0.25) is 14.6 Å². The number of aromatic nitrogens is 1. The van der Waals surface area contributed by atoms with Crippen LogP contribution in [-0.4, -0.2) is 31.0 Å². The first kappa shape index (κ1) is 18.9. The molecule has 2 aromatic carbocycles. The van der Waals surface area contributed by atoms with Crippen molar-refractivity contribution in [2.45, 2.75) is 0 Å². The molecule has 0 radical (unpaired) electrons. The Morgan fingerprint density at radius 1 is 0.786 bits per heavy atom. The summed E-state index contributed by atoms with van der Waals surface area (Å²) in [6, 6.07) is 17.0. The van der Waals surface area contributed by atoms with Crippen LogP contribution < -0.4 is 20.1 Å². The molecule has 2 amide bonds. The van der Waals surface area contributed by atoms with Gasteiger partial charge in [-0.25, -0.2) is 0 Å². The highest BCUT2D eigenvalue weighted by Gasteiger charge is 2.17. The van der Waals surface area contributed by atoms with Crippen molar-refractivity contribution in [1.29, 1.82) is 0 Å². The average molecular weight is 377 g/mol. The number of rotatable bonds is 6. The Kier molecular flexibility index (Phi) is 5.86. The number of methoxy groups -OCH3 is 2. The third-order valence-electron chi connectivity index (χ3n) is 3.95. The van der Waals surface area contributed by atoms with Crippen LogP contribution in [0.1, 0.15) is 20.8 Å². The van der Waals surface area contributed by atoms with Gasteiger partial charge in [0.1, 0.15) is 17.2 Å². The number of carbonyl (C=O) groups is 2. The van der Waals surface area contributed by atoms with Crippen LogP contribution in [0.15, 0.2) is 66.9 Å². The van der Waals surface area contributed by atoms with E-state index in [4.69, 9.17) is 9.47 Å². The fourth-order valence-corrected chi connectivity index (χ4v) is 2.56. The van der Waals surface area contributed by atoms with Crippen LogP contribution in [0.2, 0.25) is 0 Å². The second kappa shape index (κ2) is 8.68. The van der Waals surface area contributed by atoms with Gasteiger partial charge in [-0.15, -0.1) is 0 Å². The molecule has 1 heterocycles. The number of amides is 2. The molecular weight excluding hydrogens is 358 g/mol. The van der Waals surface area contributed by atoms with E-state index in [9.17, 15) is 9.59 Å². The minimum absolute atomic E-state index is 0.268. The molecule has 7 heteroatoms. The van der Waals surface area contributed by atoms with Crippen molar-refractivity contribution in [3.63, 3.8) is 0 Å². The zero-order valence-electron chi connectivity index (χ0n) is 15.4. The van der Waals surface area contributed by atoms with Crippen LogP contribution in [0.25, 0.3) is 0 Å². The summed E-state index contributed by atoms with van der Waals surface area (Å²) >= 11 is 0. The minimum Gasteiger partial charge on any atom is -0.494 e. The fourth-order valence-electron chi connectivity index (χ4n) is 2.56. The van der Waals surface area contributed by atoms with Gasteiger partial charge in [0.2, 0.25) is 0 Å². The molecule has 0 atom stereocenters. The summed E-state index contributed by atoms with van der Waals surface area (Å²) in [5.74, 6) is 0.0723. The van der Waals surface area contributed by atoms with E-state index >= 15 is 0 Å². The maximum absolute atomic E-state index is 12.4. The first-order valence-electron chi connectivity index (χ1n) is 8.47. The van der Waals surface area contributed by atoms with Crippen molar-refractivity contribution in [1.82, 2.24) is 4.98 Å². The predicted octanol–water partition coefficient (Wildman–Crippen LogP) is 3.60. The second-order valence-corrected chi connectivity index (χ2v) is 5.74. The van der Waals surface area contributed by atoms with E-state index in [1.165, 1.54) is 20.4 Å². The number of carbonyl (C=O) groups excluding carboxylic acids is 2. The largest absolute Gasteiger partial charge is 0.494 e. The van der Waals surface area contributed by atoms with Crippen LogP contribution in [-0.2, 0) is 0 Å². The maximum atomic E-state index is 12.4. The third kappa shape index (κ3) is 4.27. The van der Waals surface area contributed by atoms with Crippen molar-refractivity contribution in [2.75, 3.05) is 24.9 Å². The van der Waals surface area contributed by atoms with Crippen molar-refractivity contribution in [3.05, 3.63) is 78.1 Å². The standard InChI is InChI=1S/C21H19N3O4/c1-27-18-13-17(24-21(26)15-10-6-7-11-22-15)19(28-2)12-16(18)23-20(25)14-8-4-3-5-9-14/h3-13H,1-2H3,(H,23,25)(H,24,26). The lowest BCUT2D eigenvalue weighted by atomic mass is 10.2. The number of nitrogens with one attached hydrogen (secondary N) is 2. The van der Waals surface area contributed by atoms with Crippen LogP contribution in [0, 0.1) is 0 Å². The molecule has 142 valence electrons. The van der Waals surface area contributed by atoms with E-state index in [1.54, 1.807) is 54.6 Å². The van der Waals surface area contributed by atoms with Gasteiger partial charge in [0, 0.05) is 23.9 Å². The normalized spacial score (nSPS) is 10.1. The molecule has 0 spiro atoms. The van der Waals surface area contributed by atoms with Crippen LogP contribution in [0.3, 0.4) is 0 Å². The zero-order valence-corrected chi connectivity index (χ0v) is 15.4. The Labute approximate surface area is 162 Å². The molecule has 0 fully saturated rings. The lowest BCUT2D eigenvalue weighted by molar-refractivity contribution is 0.101. The van der Waals surface area contributed by atoms with E-state index in [0.29, 0.717) is 28.4 Å². The van der Waals surface area contributed by atoms with Crippen molar-refractivity contribution >= 4 is 23.2 Å². The van der Waals surface area contributed by atoms with Crippen molar-refractivity contribution < 1.29 is 19.1 Å². The molecule has 0 aliphatic rings. The molecule has 28 heavy (non-hydrogen) atoms. The van der Waals surface area contributed by atoms with Gasteiger partial charge in [-0.1, -0.05) is 24.3 Å². The summed E-state index contributed by atoms with van der Waals surface area (Å²) in [4.78, 5) is 28.9. The highest BCUT2D eigenvalue weighted by atomic mass is 16.5. The number of nitrogens with zero attached hydrogens (tertiary/aromatic N) is 1. The Hall–Kier alpha value is -3.87. The number of benzene rings is 2. The summed E-state index contributed by atoms with van der Waals surface area (Å²) in [5, 5.41) is 5.54. The van der Waals surface area contributed by atoms with Crippen molar-refractivity contribution in [2.24, 2.45) is 0 Å². The zero-order chi connectivity index (χ0) is 19.9. The molecular formula is C21H19N3O4. The van der Waals surface area contributed by atoms with E-state index < -0.39 is 0 Å². The smallest absolute Gasteiger partial charge is 0.274 e. The van der Waals surface area contributed by atoms with Gasteiger partial charge in [-0.2, -0.15) is 0 Å². The second-order valence-electron chi connectivity index (χ2n) is 5.74. The Bertz CT molecular complexity index is 894. The predicted molar refractivity (Wildman–Crippen MR) is 106 cm³/mol. The molecule has 0 unspecified atom stereocenters. The van der Waals surface area contributed by atoms with Gasteiger partial charge in [0.25, 0.3) is 11.8 Å². The maximum Gasteiger partial charge on any atom is 0.274 e. The van der Waals surface area contributed by atoms with Gasteiger partial charge < -0.3 is 20.1 Å². The summed E-state index contributed by atoms with van der Waals surface area (Å²) in [6.07, 6.45) is 1.54. The van der Waals surface area contributed by atoms with Crippen molar-refractivity contribution in [3.8, 4) is 11.5 Å². The van der Waals surface area contributed by atoms with E-state index in [2.05, 4.69) is 15.6 Å². The molecule has 7 nitrogen and oxygen atoms in total. The number of hydrogen-bond acceptors (Lipinski definition) is 5.